The largest absolute Gasteiger partial charge is 0.416 e. The van der Waals surface area contributed by atoms with Crippen LogP contribution in [0.1, 0.15) is 61.6 Å². The highest BCUT2D eigenvalue weighted by molar-refractivity contribution is 5.82. The van der Waals surface area contributed by atoms with E-state index in [1.54, 1.807) is 4.90 Å². The summed E-state index contributed by atoms with van der Waals surface area (Å²) in [5.74, 6) is -1.03. The lowest BCUT2D eigenvalue weighted by atomic mass is 9.82. The van der Waals surface area contributed by atoms with Crippen molar-refractivity contribution in [1.29, 1.82) is 0 Å². The highest BCUT2D eigenvalue weighted by atomic mass is 19.4. The van der Waals surface area contributed by atoms with E-state index in [1.807, 2.05) is 0 Å². The molecule has 1 saturated heterocycles. The number of nitrogens with two attached hydrogens (primary N) is 1. The summed E-state index contributed by atoms with van der Waals surface area (Å²) in [4.78, 5) is 26.9. The van der Waals surface area contributed by atoms with Crippen LogP contribution in [-0.4, -0.2) is 46.4 Å². The number of Topliss-reactive ketones (excluding diaryl/α,β-unsaturated/α-hetero) is 1. The molecule has 1 aromatic rings. The van der Waals surface area contributed by atoms with Crippen molar-refractivity contribution in [2.45, 2.75) is 75.4 Å². The molecule has 1 aliphatic carbocycles. The number of halogens is 6. The Morgan fingerprint density at radius 1 is 0.971 bits per heavy atom. The van der Waals surface area contributed by atoms with Gasteiger partial charge in [0.2, 0.25) is 5.91 Å². The molecule has 1 aliphatic heterocycles. The number of hydrogen-bond donors (Lipinski definition) is 2. The maximum atomic E-state index is 13.0. The number of likely N-dealkylation sites (tertiary alicyclic amines) is 1. The summed E-state index contributed by atoms with van der Waals surface area (Å²) in [6.45, 7) is 0.404. The van der Waals surface area contributed by atoms with Crippen LogP contribution in [0.3, 0.4) is 0 Å². The minimum atomic E-state index is -5.00. The van der Waals surface area contributed by atoms with Gasteiger partial charge in [-0.2, -0.15) is 26.3 Å². The summed E-state index contributed by atoms with van der Waals surface area (Å²) in [6, 6.07) is 0.835. The number of carbonyl (C=O) groups excluding carboxylic acids is 2. The van der Waals surface area contributed by atoms with E-state index in [1.165, 1.54) is 0 Å². The van der Waals surface area contributed by atoms with Crippen LogP contribution < -0.4 is 5.73 Å². The van der Waals surface area contributed by atoms with E-state index in [0.29, 0.717) is 18.6 Å². The van der Waals surface area contributed by atoms with Crippen molar-refractivity contribution in [2.24, 2.45) is 11.7 Å². The Morgan fingerprint density at radius 3 is 2.00 bits per heavy atom. The first-order chi connectivity index (χ1) is 15.7. The molecule has 3 N–H and O–H groups in total. The number of hydrogen-bond acceptors (Lipinski definition) is 4. The van der Waals surface area contributed by atoms with Gasteiger partial charge < -0.3 is 15.7 Å². The second-order valence-electron chi connectivity index (χ2n) is 9.41. The molecule has 1 heterocycles. The van der Waals surface area contributed by atoms with Gasteiger partial charge in [0.15, 0.2) is 0 Å². The molecule has 1 amide bonds. The second-order valence-corrected chi connectivity index (χ2v) is 9.41. The first kappa shape index (κ1) is 26.5. The zero-order valence-corrected chi connectivity index (χ0v) is 18.5. The van der Waals surface area contributed by atoms with Gasteiger partial charge >= 0.3 is 12.4 Å². The van der Waals surface area contributed by atoms with E-state index in [4.69, 9.17) is 5.73 Å². The zero-order valence-electron chi connectivity index (χ0n) is 18.5. The van der Waals surface area contributed by atoms with Crippen LogP contribution in [0.4, 0.5) is 26.3 Å². The van der Waals surface area contributed by atoms with E-state index < -0.39 is 53.3 Å². The van der Waals surface area contributed by atoms with E-state index in [-0.39, 0.29) is 49.9 Å². The summed E-state index contributed by atoms with van der Waals surface area (Å²) in [5.41, 5.74) is 1.20. The van der Waals surface area contributed by atoms with E-state index in [2.05, 4.69) is 0 Å². The van der Waals surface area contributed by atoms with Gasteiger partial charge in [0.25, 0.3) is 0 Å². The van der Waals surface area contributed by atoms with Crippen LogP contribution in [0.25, 0.3) is 0 Å². The third-order valence-corrected chi connectivity index (χ3v) is 6.72. The Balaban J connectivity index is 1.62. The molecular weight excluding hydrogens is 466 g/mol. The number of aliphatic hydroxyl groups is 1. The summed E-state index contributed by atoms with van der Waals surface area (Å²) >= 11 is 0. The van der Waals surface area contributed by atoms with Crippen molar-refractivity contribution in [3.05, 3.63) is 34.9 Å². The van der Waals surface area contributed by atoms with Crippen molar-refractivity contribution in [2.75, 3.05) is 13.1 Å². The summed E-state index contributed by atoms with van der Waals surface area (Å²) in [7, 11) is 0. The van der Waals surface area contributed by atoms with Gasteiger partial charge in [-0.05, 0) is 49.4 Å². The van der Waals surface area contributed by atoms with Gasteiger partial charge in [0.1, 0.15) is 5.78 Å². The van der Waals surface area contributed by atoms with Crippen molar-refractivity contribution in [3.8, 4) is 0 Å². The fraction of sp³-hybridized carbons (Fsp3) is 0.652. The maximum Gasteiger partial charge on any atom is 0.416 e. The first-order valence-corrected chi connectivity index (χ1v) is 11.2. The minimum Gasteiger partial charge on any atom is -0.389 e. The number of rotatable bonds is 5. The standard InChI is InChI=1S/C23H28F6N2O3/c24-22(25,26)15-9-14(10-16(12-15)23(27,28)29)11-17(32)13-21(34)5-7-31(8-6-21)20(33)18-3-1-2-4-19(18)30/h9-10,12,18-19,34H,1-8,11,13,30H2/t18?,19-/m1/s1. The zero-order chi connectivity index (χ0) is 25.3. The lowest BCUT2D eigenvalue weighted by Crippen LogP contribution is -2.52. The molecule has 2 atom stereocenters. The summed E-state index contributed by atoms with van der Waals surface area (Å²) in [5, 5.41) is 10.8. The Hall–Kier alpha value is -2.14. The molecule has 0 radical (unpaired) electrons. The smallest absolute Gasteiger partial charge is 0.389 e. The number of nitrogens with zero attached hydrogens (tertiary/aromatic N) is 1. The third-order valence-electron chi connectivity index (χ3n) is 6.72. The van der Waals surface area contributed by atoms with Gasteiger partial charge in [0.05, 0.1) is 22.6 Å². The van der Waals surface area contributed by atoms with E-state index >= 15 is 0 Å². The van der Waals surface area contributed by atoms with Crippen LogP contribution in [0, 0.1) is 5.92 Å². The number of alkyl halides is 6. The molecule has 1 aromatic carbocycles. The molecule has 1 unspecified atom stereocenters. The van der Waals surface area contributed by atoms with Gasteiger partial charge in [-0.1, -0.05) is 12.8 Å². The fourth-order valence-electron chi connectivity index (χ4n) is 4.80. The summed E-state index contributed by atoms with van der Waals surface area (Å²) < 4.78 is 78.2. The highest BCUT2D eigenvalue weighted by Gasteiger charge is 2.40. The topological polar surface area (TPSA) is 83.6 Å². The molecule has 1 saturated carbocycles. The van der Waals surface area contributed by atoms with Crippen LogP contribution in [0.2, 0.25) is 0 Å². The van der Waals surface area contributed by atoms with E-state index in [9.17, 15) is 41.0 Å². The lowest BCUT2D eigenvalue weighted by Gasteiger charge is -2.40. The predicted molar refractivity (Wildman–Crippen MR) is 110 cm³/mol. The molecule has 34 heavy (non-hydrogen) atoms. The Bertz CT molecular complexity index is 875. The van der Waals surface area contributed by atoms with Gasteiger partial charge in [-0.3, -0.25) is 9.59 Å². The quantitative estimate of drug-likeness (QED) is 0.604. The van der Waals surface area contributed by atoms with E-state index in [0.717, 1.165) is 19.3 Å². The molecule has 11 heteroatoms. The number of amides is 1. The van der Waals surface area contributed by atoms with Crippen molar-refractivity contribution >= 4 is 11.7 Å². The van der Waals surface area contributed by atoms with Gasteiger partial charge in [-0.15, -0.1) is 0 Å². The van der Waals surface area contributed by atoms with Crippen molar-refractivity contribution in [1.82, 2.24) is 4.90 Å². The molecule has 2 aliphatic rings. The third kappa shape index (κ3) is 6.50. The monoisotopic (exact) mass is 494 g/mol. The summed E-state index contributed by atoms with van der Waals surface area (Å²) in [6.07, 6.45) is -7.55. The average molecular weight is 494 g/mol. The molecule has 3 rings (SSSR count). The van der Waals surface area contributed by atoms with Gasteiger partial charge in [0, 0.05) is 32.0 Å². The first-order valence-electron chi connectivity index (χ1n) is 11.2. The second kappa shape index (κ2) is 9.85. The molecule has 0 bridgehead atoms. The molecule has 5 nitrogen and oxygen atoms in total. The normalized spacial score (nSPS) is 23.6. The molecule has 190 valence electrons. The fourth-order valence-corrected chi connectivity index (χ4v) is 4.80. The Labute approximate surface area is 193 Å². The van der Waals surface area contributed by atoms with Crippen LogP contribution in [0.5, 0.6) is 0 Å². The van der Waals surface area contributed by atoms with Gasteiger partial charge in [-0.25, -0.2) is 0 Å². The number of piperidine rings is 1. The Morgan fingerprint density at radius 2 is 1.50 bits per heavy atom. The predicted octanol–water partition coefficient (Wildman–Crippen LogP) is 4.10. The highest BCUT2D eigenvalue weighted by Crippen LogP contribution is 2.37. The van der Waals surface area contributed by atoms with Crippen molar-refractivity contribution in [3.63, 3.8) is 0 Å². The minimum absolute atomic E-state index is 0.00641. The number of benzene rings is 1. The number of carbonyl (C=O) groups is 2. The maximum absolute atomic E-state index is 13.0. The molecule has 0 spiro atoms. The van der Waals surface area contributed by atoms with Crippen LogP contribution >= 0.6 is 0 Å². The molecular formula is C23H28F6N2O3. The Kier molecular flexibility index (Phi) is 7.66. The molecule has 0 aromatic heterocycles. The number of ketones is 1. The lowest BCUT2D eigenvalue weighted by molar-refractivity contribution is -0.144. The van der Waals surface area contributed by atoms with Crippen LogP contribution in [-0.2, 0) is 28.4 Å². The molecule has 2 fully saturated rings. The van der Waals surface area contributed by atoms with Crippen LogP contribution in [0.15, 0.2) is 18.2 Å². The average Bonchev–Trinajstić information content (AvgIpc) is 2.72. The van der Waals surface area contributed by atoms with Crippen molar-refractivity contribution < 1.29 is 41.0 Å². The SMILES string of the molecule is N[C@@H]1CCCCC1C(=O)N1CCC(O)(CC(=O)Cc2cc(C(F)(F)F)cc(C(F)(F)F)c2)CC1.